The minimum absolute atomic E-state index is 0.187. The van der Waals surface area contributed by atoms with Gasteiger partial charge in [-0.25, -0.2) is 0 Å². The van der Waals surface area contributed by atoms with E-state index < -0.39 is 0 Å². The van der Waals surface area contributed by atoms with Crippen LogP contribution >= 0.6 is 11.3 Å². The average Bonchev–Trinajstić information content (AvgIpc) is 2.86. The highest BCUT2D eigenvalue weighted by molar-refractivity contribution is 7.08. The average molecular weight is 280 g/mol. The standard InChI is InChI=1S/C15H24N2OS/c1-3-17(14-7-5-4-6-12(14)8-16)15(18)13-10-19-9-11(13)2/h9-10,12,14H,3-8,16H2,1-2H3. The van der Waals surface area contributed by atoms with E-state index in [1.54, 1.807) is 11.3 Å². The molecule has 1 heterocycles. The first-order valence-corrected chi connectivity index (χ1v) is 8.17. The molecule has 0 radical (unpaired) electrons. The topological polar surface area (TPSA) is 46.3 Å². The molecule has 2 N–H and O–H groups in total. The zero-order valence-electron chi connectivity index (χ0n) is 11.9. The molecule has 1 saturated carbocycles. The molecular weight excluding hydrogens is 256 g/mol. The fourth-order valence-corrected chi connectivity index (χ4v) is 3.96. The summed E-state index contributed by atoms with van der Waals surface area (Å²) in [7, 11) is 0. The number of hydrogen-bond donors (Lipinski definition) is 1. The van der Waals surface area contributed by atoms with E-state index >= 15 is 0 Å². The van der Waals surface area contributed by atoms with Gasteiger partial charge in [-0.2, -0.15) is 11.3 Å². The number of carbonyl (C=O) groups is 1. The van der Waals surface area contributed by atoms with Crippen molar-refractivity contribution in [2.24, 2.45) is 11.7 Å². The van der Waals surface area contributed by atoms with Crippen LogP contribution in [0.25, 0.3) is 0 Å². The Labute approximate surface area is 119 Å². The third kappa shape index (κ3) is 3.00. The van der Waals surface area contributed by atoms with E-state index in [0.29, 0.717) is 18.5 Å². The van der Waals surface area contributed by atoms with E-state index in [-0.39, 0.29) is 5.91 Å². The van der Waals surface area contributed by atoms with E-state index in [1.165, 1.54) is 12.8 Å². The molecule has 19 heavy (non-hydrogen) atoms. The summed E-state index contributed by atoms with van der Waals surface area (Å²) >= 11 is 1.60. The first-order valence-electron chi connectivity index (χ1n) is 7.22. The smallest absolute Gasteiger partial charge is 0.255 e. The van der Waals surface area contributed by atoms with Crippen LogP contribution in [-0.4, -0.2) is 29.9 Å². The summed E-state index contributed by atoms with van der Waals surface area (Å²) in [5.74, 6) is 0.656. The second-order valence-corrected chi connectivity index (χ2v) is 6.15. The van der Waals surface area contributed by atoms with Crippen molar-refractivity contribution in [3.63, 3.8) is 0 Å². The van der Waals surface area contributed by atoms with E-state index in [4.69, 9.17) is 5.73 Å². The van der Waals surface area contributed by atoms with Crippen molar-refractivity contribution in [1.29, 1.82) is 0 Å². The van der Waals surface area contributed by atoms with Crippen molar-refractivity contribution in [3.05, 3.63) is 21.9 Å². The lowest BCUT2D eigenvalue weighted by Crippen LogP contribution is -2.48. The maximum absolute atomic E-state index is 12.7. The molecule has 2 atom stereocenters. The highest BCUT2D eigenvalue weighted by atomic mass is 32.1. The van der Waals surface area contributed by atoms with Gasteiger partial charge < -0.3 is 10.6 Å². The Balaban J connectivity index is 2.19. The quantitative estimate of drug-likeness (QED) is 0.921. The summed E-state index contributed by atoms with van der Waals surface area (Å²) in [5, 5.41) is 4.02. The van der Waals surface area contributed by atoms with Gasteiger partial charge in [-0.15, -0.1) is 0 Å². The lowest BCUT2D eigenvalue weighted by Gasteiger charge is -2.39. The first-order chi connectivity index (χ1) is 9.19. The molecular formula is C15H24N2OS. The molecule has 0 saturated heterocycles. The second kappa shape index (κ2) is 6.53. The van der Waals surface area contributed by atoms with Gasteiger partial charge in [-0.1, -0.05) is 12.8 Å². The summed E-state index contributed by atoms with van der Waals surface area (Å²) in [4.78, 5) is 14.8. The van der Waals surface area contributed by atoms with Crippen LogP contribution in [0, 0.1) is 12.8 Å². The fraction of sp³-hybridized carbons (Fsp3) is 0.667. The monoisotopic (exact) mass is 280 g/mol. The molecule has 0 bridgehead atoms. The highest BCUT2D eigenvalue weighted by Gasteiger charge is 2.32. The van der Waals surface area contributed by atoms with E-state index in [9.17, 15) is 4.79 Å². The van der Waals surface area contributed by atoms with Crippen molar-refractivity contribution >= 4 is 17.2 Å². The van der Waals surface area contributed by atoms with Gasteiger partial charge in [0.05, 0.1) is 5.56 Å². The summed E-state index contributed by atoms with van der Waals surface area (Å²) in [6.45, 7) is 5.55. The van der Waals surface area contributed by atoms with Gasteiger partial charge in [0.15, 0.2) is 0 Å². The molecule has 0 aliphatic heterocycles. The van der Waals surface area contributed by atoms with E-state index in [0.717, 1.165) is 30.5 Å². The Hall–Kier alpha value is -0.870. The molecule has 1 aromatic heterocycles. The lowest BCUT2D eigenvalue weighted by molar-refractivity contribution is 0.0560. The van der Waals surface area contributed by atoms with E-state index in [2.05, 4.69) is 6.92 Å². The van der Waals surface area contributed by atoms with Crippen molar-refractivity contribution in [3.8, 4) is 0 Å². The number of thiophene rings is 1. The van der Waals surface area contributed by atoms with Gasteiger partial charge in [-0.05, 0) is 50.1 Å². The van der Waals surface area contributed by atoms with Crippen LogP contribution in [0.2, 0.25) is 0 Å². The van der Waals surface area contributed by atoms with Crippen LogP contribution in [-0.2, 0) is 0 Å². The number of nitrogens with two attached hydrogens (primary N) is 1. The van der Waals surface area contributed by atoms with Crippen molar-refractivity contribution < 1.29 is 4.79 Å². The molecule has 106 valence electrons. The van der Waals surface area contributed by atoms with Crippen LogP contribution in [0.1, 0.15) is 48.5 Å². The van der Waals surface area contributed by atoms with Gasteiger partial charge in [0, 0.05) is 18.0 Å². The summed E-state index contributed by atoms with van der Waals surface area (Å²) < 4.78 is 0. The van der Waals surface area contributed by atoms with Crippen molar-refractivity contribution in [1.82, 2.24) is 4.90 Å². The molecule has 1 aromatic rings. The van der Waals surface area contributed by atoms with Gasteiger partial charge >= 0.3 is 0 Å². The molecule has 0 aromatic carbocycles. The maximum atomic E-state index is 12.7. The number of carbonyl (C=O) groups excluding carboxylic acids is 1. The van der Waals surface area contributed by atoms with Gasteiger partial charge in [0.2, 0.25) is 0 Å². The predicted molar refractivity (Wildman–Crippen MR) is 80.6 cm³/mol. The predicted octanol–water partition coefficient (Wildman–Crippen LogP) is 3.04. The molecule has 1 amide bonds. The van der Waals surface area contributed by atoms with Crippen LogP contribution in [0.3, 0.4) is 0 Å². The molecule has 2 unspecified atom stereocenters. The molecule has 1 aliphatic carbocycles. The lowest BCUT2D eigenvalue weighted by atomic mass is 9.83. The zero-order chi connectivity index (χ0) is 13.8. The van der Waals surface area contributed by atoms with Crippen molar-refractivity contribution in [2.45, 2.75) is 45.6 Å². The minimum Gasteiger partial charge on any atom is -0.336 e. The highest BCUT2D eigenvalue weighted by Crippen LogP contribution is 2.29. The van der Waals surface area contributed by atoms with Gasteiger partial charge in [-0.3, -0.25) is 4.79 Å². The van der Waals surface area contributed by atoms with Crippen LogP contribution in [0.5, 0.6) is 0 Å². The Bertz CT molecular complexity index is 430. The number of nitrogens with zero attached hydrogens (tertiary/aromatic N) is 1. The number of amides is 1. The summed E-state index contributed by atoms with van der Waals surface area (Å²) in [5.41, 5.74) is 7.86. The zero-order valence-corrected chi connectivity index (χ0v) is 12.7. The third-order valence-corrected chi connectivity index (χ3v) is 5.12. The number of rotatable bonds is 4. The Morgan fingerprint density at radius 3 is 2.74 bits per heavy atom. The number of hydrogen-bond acceptors (Lipinski definition) is 3. The SMILES string of the molecule is CCN(C(=O)c1cscc1C)C1CCCCC1CN. The van der Waals surface area contributed by atoms with E-state index in [1.807, 2.05) is 22.6 Å². The molecule has 0 spiro atoms. The summed E-state index contributed by atoms with van der Waals surface area (Å²) in [6, 6.07) is 0.329. The second-order valence-electron chi connectivity index (χ2n) is 5.41. The third-order valence-electron chi connectivity index (χ3n) is 4.26. The molecule has 2 rings (SSSR count). The van der Waals surface area contributed by atoms with Gasteiger partial charge in [0.25, 0.3) is 5.91 Å². The largest absolute Gasteiger partial charge is 0.336 e. The Morgan fingerprint density at radius 2 is 2.16 bits per heavy atom. The maximum Gasteiger partial charge on any atom is 0.255 e. The Kier molecular flexibility index (Phi) is 4.99. The minimum atomic E-state index is 0.187. The molecule has 4 heteroatoms. The van der Waals surface area contributed by atoms with Gasteiger partial charge in [0.1, 0.15) is 0 Å². The normalized spacial score (nSPS) is 23.3. The Morgan fingerprint density at radius 1 is 1.42 bits per heavy atom. The van der Waals surface area contributed by atoms with Crippen molar-refractivity contribution in [2.75, 3.05) is 13.1 Å². The number of aryl methyl sites for hydroxylation is 1. The molecule has 1 aliphatic rings. The fourth-order valence-electron chi connectivity index (χ4n) is 3.14. The van der Waals surface area contributed by atoms with Crippen LogP contribution in [0.4, 0.5) is 0 Å². The van der Waals surface area contributed by atoms with Crippen LogP contribution < -0.4 is 5.73 Å². The van der Waals surface area contributed by atoms with Crippen LogP contribution in [0.15, 0.2) is 10.8 Å². The molecule has 3 nitrogen and oxygen atoms in total. The first kappa shape index (κ1) is 14.5. The molecule has 1 fully saturated rings. The summed E-state index contributed by atoms with van der Waals surface area (Å²) in [6.07, 6.45) is 4.73.